The predicted molar refractivity (Wildman–Crippen MR) is 106 cm³/mol. The highest BCUT2D eigenvalue weighted by Gasteiger charge is 2.24. The molecular weight excluding hydrogens is 362 g/mol. The van der Waals surface area contributed by atoms with Crippen LogP contribution in [0.2, 0.25) is 0 Å². The maximum absolute atomic E-state index is 13.2. The number of aryl methyl sites for hydroxylation is 1. The smallest absolute Gasteiger partial charge is 0.260 e. The minimum atomic E-state index is -0.0287. The second-order valence-electron chi connectivity index (χ2n) is 6.95. The van der Waals surface area contributed by atoms with Gasteiger partial charge in [0.25, 0.3) is 5.91 Å². The van der Waals surface area contributed by atoms with E-state index in [1.165, 1.54) is 16.2 Å². The molecule has 7 heteroatoms. The number of thiazole rings is 1. The third-order valence-electron chi connectivity index (χ3n) is 4.45. The molecule has 0 aliphatic carbocycles. The number of carbonyl (C=O) groups is 1. The summed E-state index contributed by atoms with van der Waals surface area (Å²) in [7, 11) is 4.15. The number of likely N-dealkylation sites (N-methyl/N-ethyl adjacent to an activating group) is 1. The SMILES string of the molecule is Cc1cccc(C(=O)N(CC[NH+](C)C)c2nc3cc4c(cc3s2)OCO4)c1. The zero-order valence-electron chi connectivity index (χ0n) is 15.6. The van der Waals surface area contributed by atoms with E-state index in [2.05, 4.69) is 14.1 Å². The van der Waals surface area contributed by atoms with Gasteiger partial charge in [0.1, 0.15) is 0 Å². The molecule has 2 aromatic carbocycles. The van der Waals surface area contributed by atoms with Crippen LogP contribution in [0.4, 0.5) is 5.13 Å². The van der Waals surface area contributed by atoms with Gasteiger partial charge in [0.15, 0.2) is 16.6 Å². The number of fused-ring (bicyclic) bond motifs is 2. The van der Waals surface area contributed by atoms with Crippen molar-refractivity contribution in [3.8, 4) is 11.5 Å². The van der Waals surface area contributed by atoms with Crippen molar-refractivity contribution < 1.29 is 19.2 Å². The van der Waals surface area contributed by atoms with Crippen LogP contribution in [0, 0.1) is 6.92 Å². The first kappa shape index (κ1) is 17.8. The normalized spacial score (nSPS) is 12.7. The lowest BCUT2D eigenvalue weighted by Gasteiger charge is -2.21. The van der Waals surface area contributed by atoms with Gasteiger partial charge in [-0.05, 0) is 19.1 Å². The maximum atomic E-state index is 13.2. The van der Waals surface area contributed by atoms with E-state index < -0.39 is 0 Å². The molecule has 1 N–H and O–H groups in total. The van der Waals surface area contributed by atoms with Crippen LogP contribution < -0.4 is 19.3 Å². The van der Waals surface area contributed by atoms with Crippen molar-refractivity contribution in [2.24, 2.45) is 0 Å². The number of anilines is 1. The summed E-state index contributed by atoms with van der Waals surface area (Å²) in [6.07, 6.45) is 0. The molecule has 1 aliphatic rings. The Bertz CT molecular complexity index is 958. The first-order chi connectivity index (χ1) is 13.0. The summed E-state index contributed by atoms with van der Waals surface area (Å²) < 4.78 is 11.9. The summed E-state index contributed by atoms with van der Waals surface area (Å²) in [6.45, 7) is 3.66. The molecule has 1 aliphatic heterocycles. The summed E-state index contributed by atoms with van der Waals surface area (Å²) in [5, 5.41) is 0.696. The average Bonchev–Trinajstić information content (AvgIpc) is 3.24. The summed E-state index contributed by atoms with van der Waals surface area (Å²) in [5.41, 5.74) is 2.56. The van der Waals surface area contributed by atoms with Gasteiger partial charge in [-0.15, -0.1) is 0 Å². The van der Waals surface area contributed by atoms with Crippen molar-refractivity contribution in [2.45, 2.75) is 6.92 Å². The minimum Gasteiger partial charge on any atom is -0.454 e. The molecule has 27 heavy (non-hydrogen) atoms. The Balaban J connectivity index is 1.71. The van der Waals surface area contributed by atoms with Gasteiger partial charge in [-0.2, -0.15) is 0 Å². The number of amides is 1. The number of benzene rings is 2. The second kappa shape index (κ2) is 7.17. The molecular formula is C20H22N3O3S+. The Kier molecular flexibility index (Phi) is 4.72. The van der Waals surface area contributed by atoms with Crippen molar-refractivity contribution in [3.63, 3.8) is 0 Å². The number of quaternary nitrogens is 1. The Hall–Kier alpha value is -2.64. The van der Waals surface area contributed by atoms with E-state index in [1.807, 2.05) is 43.3 Å². The first-order valence-corrected chi connectivity index (χ1v) is 9.70. The van der Waals surface area contributed by atoms with Crippen molar-refractivity contribution in [1.82, 2.24) is 4.98 Å². The monoisotopic (exact) mass is 384 g/mol. The highest BCUT2D eigenvalue weighted by molar-refractivity contribution is 7.22. The van der Waals surface area contributed by atoms with Crippen molar-refractivity contribution >= 4 is 32.6 Å². The lowest BCUT2D eigenvalue weighted by Crippen LogP contribution is -3.06. The largest absolute Gasteiger partial charge is 0.454 e. The zero-order valence-corrected chi connectivity index (χ0v) is 16.4. The molecule has 0 spiro atoms. The number of ether oxygens (including phenoxy) is 2. The topological polar surface area (TPSA) is 56.1 Å². The molecule has 2 heterocycles. The van der Waals surface area contributed by atoms with Gasteiger partial charge >= 0.3 is 0 Å². The third-order valence-corrected chi connectivity index (χ3v) is 5.49. The van der Waals surface area contributed by atoms with E-state index in [1.54, 1.807) is 4.90 Å². The zero-order chi connectivity index (χ0) is 19.0. The fourth-order valence-corrected chi connectivity index (χ4v) is 3.97. The number of aromatic nitrogens is 1. The van der Waals surface area contributed by atoms with E-state index in [0.717, 1.165) is 28.1 Å². The quantitative estimate of drug-likeness (QED) is 0.732. The maximum Gasteiger partial charge on any atom is 0.260 e. The summed E-state index contributed by atoms with van der Waals surface area (Å²) in [4.78, 5) is 21.0. The molecule has 0 saturated heterocycles. The number of hydrogen-bond acceptors (Lipinski definition) is 5. The van der Waals surface area contributed by atoms with Crippen LogP contribution in [0.3, 0.4) is 0 Å². The van der Waals surface area contributed by atoms with Crippen molar-refractivity contribution in [3.05, 3.63) is 47.5 Å². The van der Waals surface area contributed by atoms with Crippen molar-refractivity contribution in [1.29, 1.82) is 0 Å². The molecule has 0 fully saturated rings. The molecule has 0 saturated carbocycles. The number of nitrogens with zero attached hydrogens (tertiary/aromatic N) is 2. The standard InChI is InChI=1S/C20H21N3O3S/c1-13-5-4-6-14(9-13)19(24)23(8-7-22(2)3)20-21-15-10-16-17(26-12-25-16)11-18(15)27-20/h4-6,9-11H,7-8,12H2,1-3H3/p+1. The van der Waals surface area contributed by atoms with Gasteiger partial charge in [0.2, 0.25) is 6.79 Å². The first-order valence-electron chi connectivity index (χ1n) is 8.89. The van der Waals surface area contributed by atoms with Crippen LogP contribution in [0.25, 0.3) is 10.2 Å². The van der Waals surface area contributed by atoms with E-state index >= 15 is 0 Å². The molecule has 1 aromatic heterocycles. The van der Waals surface area contributed by atoms with E-state index in [0.29, 0.717) is 23.0 Å². The molecule has 6 nitrogen and oxygen atoms in total. The Morgan fingerprint density at radius 1 is 1.22 bits per heavy atom. The van der Waals surface area contributed by atoms with Gasteiger partial charge in [-0.25, -0.2) is 4.98 Å². The van der Waals surface area contributed by atoms with Crippen LogP contribution in [-0.4, -0.2) is 44.9 Å². The van der Waals surface area contributed by atoms with Gasteiger partial charge in [0, 0.05) is 17.7 Å². The third kappa shape index (κ3) is 3.61. The lowest BCUT2D eigenvalue weighted by molar-refractivity contribution is -0.856. The van der Waals surface area contributed by atoms with Gasteiger partial charge in [-0.1, -0.05) is 29.0 Å². The van der Waals surface area contributed by atoms with Crippen LogP contribution in [0.5, 0.6) is 11.5 Å². The molecule has 0 unspecified atom stereocenters. The molecule has 1 amide bonds. The Morgan fingerprint density at radius 3 is 2.74 bits per heavy atom. The summed E-state index contributed by atoms with van der Waals surface area (Å²) in [5.74, 6) is 1.40. The molecule has 4 rings (SSSR count). The number of nitrogens with one attached hydrogen (secondary N) is 1. The number of rotatable bonds is 5. The van der Waals surface area contributed by atoms with E-state index in [9.17, 15) is 4.79 Å². The predicted octanol–water partition coefficient (Wildman–Crippen LogP) is 2.12. The van der Waals surface area contributed by atoms with Crippen LogP contribution >= 0.6 is 11.3 Å². The van der Waals surface area contributed by atoms with Crippen molar-refractivity contribution in [2.75, 3.05) is 38.9 Å². The molecule has 0 radical (unpaired) electrons. The minimum absolute atomic E-state index is 0.0287. The Labute approximate surface area is 161 Å². The summed E-state index contributed by atoms with van der Waals surface area (Å²) >= 11 is 1.50. The van der Waals surface area contributed by atoms with Gasteiger partial charge < -0.3 is 14.4 Å². The lowest BCUT2D eigenvalue weighted by atomic mass is 10.1. The van der Waals surface area contributed by atoms with Crippen LogP contribution in [-0.2, 0) is 0 Å². The van der Waals surface area contributed by atoms with E-state index in [-0.39, 0.29) is 12.7 Å². The fraction of sp³-hybridized carbons (Fsp3) is 0.300. The average molecular weight is 384 g/mol. The highest BCUT2D eigenvalue weighted by Crippen LogP contribution is 2.39. The molecule has 140 valence electrons. The molecule has 3 aromatic rings. The number of carbonyl (C=O) groups excluding carboxylic acids is 1. The van der Waals surface area contributed by atoms with Crippen LogP contribution in [0.15, 0.2) is 36.4 Å². The van der Waals surface area contributed by atoms with Gasteiger partial charge in [-0.3, -0.25) is 9.69 Å². The summed E-state index contributed by atoms with van der Waals surface area (Å²) in [6, 6.07) is 11.5. The Morgan fingerprint density at radius 2 is 2.00 bits per heavy atom. The molecule has 0 atom stereocenters. The highest BCUT2D eigenvalue weighted by atomic mass is 32.1. The molecule has 0 bridgehead atoms. The second-order valence-corrected chi connectivity index (χ2v) is 7.96. The van der Waals surface area contributed by atoms with E-state index in [4.69, 9.17) is 14.5 Å². The van der Waals surface area contributed by atoms with Crippen LogP contribution in [0.1, 0.15) is 15.9 Å². The number of hydrogen-bond donors (Lipinski definition) is 1. The van der Waals surface area contributed by atoms with Gasteiger partial charge in [0.05, 0.1) is 37.4 Å². The fourth-order valence-electron chi connectivity index (χ4n) is 2.97.